The van der Waals surface area contributed by atoms with Crippen molar-refractivity contribution in [3.8, 4) is 0 Å². The van der Waals surface area contributed by atoms with Gasteiger partial charge < -0.3 is 16.8 Å². The second-order valence-electron chi connectivity index (χ2n) is 3.22. The smallest absolute Gasteiger partial charge is 0.318 e. The fraction of sp³-hybridized carbons (Fsp3) is 0.100. The van der Waals surface area contributed by atoms with E-state index in [1.165, 1.54) is 12.1 Å². The number of anilines is 1. The predicted octanol–water partition coefficient (Wildman–Crippen LogP) is -0.806. The second-order valence-corrected chi connectivity index (χ2v) is 3.22. The first-order chi connectivity index (χ1) is 7.99. The lowest BCUT2D eigenvalue weighted by atomic mass is 10.2. The summed E-state index contributed by atoms with van der Waals surface area (Å²) in [5, 5.41) is 4.15. The Morgan fingerprint density at radius 2 is 1.71 bits per heavy atom. The zero-order chi connectivity index (χ0) is 12.8. The Bertz CT molecular complexity index is 441. The van der Waals surface area contributed by atoms with Crippen LogP contribution < -0.4 is 22.1 Å². The fourth-order valence-corrected chi connectivity index (χ4v) is 1.08. The summed E-state index contributed by atoms with van der Waals surface area (Å²) in [5.41, 5.74) is 11.1. The van der Waals surface area contributed by atoms with Crippen molar-refractivity contribution in [3.05, 3.63) is 29.8 Å². The number of nitrogen functional groups attached to an aromatic ring is 1. The third-order valence-corrected chi connectivity index (χ3v) is 1.84. The number of urea groups is 1. The van der Waals surface area contributed by atoms with Gasteiger partial charge in [0.15, 0.2) is 0 Å². The van der Waals surface area contributed by atoms with Crippen LogP contribution in [0.2, 0.25) is 0 Å². The van der Waals surface area contributed by atoms with Crippen molar-refractivity contribution in [3.63, 3.8) is 0 Å². The lowest BCUT2D eigenvalue weighted by Gasteiger charge is -2.04. The first kappa shape index (κ1) is 12.5. The van der Waals surface area contributed by atoms with Crippen LogP contribution in [0.5, 0.6) is 0 Å². The van der Waals surface area contributed by atoms with Crippen LogP contribution in [0.15, 0.2) is 24.3 Å². The molecule has 90 valence electrons. The minimum absolute atomic E-state index is 0.327. The fourth-order valence-electron chi connectivity index (χ4n) is 1.08. The zero-order valence-corrected chi connectivity index (χ0v) is 8.90. The molecule has 1 aromatic carbocycles. The largest absolute Gasteiger partial charge is 0.399 e. The van der Waals surface area contributed by atoms with Crippen molar-refractivity contribution in [2.24, 2.45) is 5.73 Å². The van der Waals surface area contributed by atoms with Crippen molar-refractivity contribution in [1.29, 1.82) is 0 Å². The number of hydrogen-bond acceptors (Lipinski definition) is 4. The van der Waals surface area contributed by atoms with Crippen LogP contribution >= 0.6 is 0 Å². The van der Waals surface area contributed by atoms with Crippen LogP contribution in [-0.2, 0) is 4.79 Å². The van der Waals surface area contributed by atoms with Crippen LogP contribution in [0.1, 0.15) is 10.4 Å². The molecule has 0 bridgehead atoms. The SMILES string of the molecule is NC(=O)NC(=O)CNC(=O)c1ccc(N)cc1. The van der Waals surface area contributed by atoms with Gasteiger partial charge in [-0.1, -0.05) is 0 Å². The van der Waals surface area contributed by atoms with Gasteiger partial charge in [0, 0.05) is 11.3 Å². The Labute approximate surface area is 97.2 Å². The minimum Gasteiger partial charge on any atom is -0.399 e. The van der Waals surface area contributed by atoms with Gasteiger partial charge in [-0.3, -0.25) is 14.9 Å². The molecule has 1 aromatic rings. The highest BCUT2D eigenvalue weighted by Crippen LogP contribution is 2.04. The van der Waals surface area contributed by atoms with Crippen molar-refractivity contribution in [1.82, 2.24) is 10.6 Å². The van der Waals surface area contributed by atoms with E-state index in [0.717, 1.165) is 0 Å². The molecule has 0 saturated heterocycles. The lowest BCUT2D eigenvalue weighted by Crippen LogP contribution is -2.42. The number of imide groups is 1. The Kier molecular flexibility index (Phi) is 4.04. The summed E-state index contributed by atoms with van der Waals surface area (Å²) >= 11 is 0. The van der Waals surface area contributed by atoms with Gasteiger partial charge in [0.2, 0.25) is 5.91 Å². The van der Waals surface area contributed by atoms with Gasteiger partial charge in [0.05, 0.1) is 6.54 Å². The number of nitrogens with one attached hydrogen (secondary N) is 2. The van der Waals surface area contributed by atoms with Crippen molar-refractivity contribution < 1.29 is 14.4 Å². The van der Waals surface area contributed by atoms with E-state index in [0.29, 0.717) is 11.3 Å². The molecule has 0 fully saturated rings. The Morgan fingerprint density at radius 1 is 1.12 bits per heavy atom. The molecule has 0 aliphatic heterocycles. The monoisotopic (exact) mass is 236 g/mol. The van der Waals surface area contributed by atoms with E-state index < -0.39 is 17.8 Å². The normalized spacial score (nSPS) is 9.41. The summed E-state index contributed by atoms with van der Waals surface area (Å²) in [6.07, 6.45) is 0. The predicted molar refractivity (Wildman–Crippen MR) is 60.9 cm³/mol. The number of carbonyl (C=O) groups excluding carboxylic acids is 3. The van der Waals surface area contributed by atoms with E-state index in [1.807, 2.05) is 5.32 Å². The molecule has 6 N–H and O–H groups in total. The third kappa shape index (κ3) is 4.20. The number of amides is 4. The zero-order valence-electron chi connectivity index (χ0n) is 8.90. The number of carbonyl (C=O) groups is 3. The molecule has 0 unspecified atom stereocenters. The van der Waals surface area contributed by atoms with Gasteiger partial charge in [-0.15, -0.1) is 0 Å². The number of hydrogen-bond donors (Lipinski definition) is 4. The topological polar surface area (TPSA) is 127 Å². The molecule has 0 saturated carbocycles. The number of rotatable bonds is 3. The van der Waals surface area contributed by atoms with Gasteiger partial charge in [0.25, 0.3) is 5.91 Å². The average molecular weight is 236 g/mol. The van der Waals surface area contributed by atoms with E-state index in [9.17, 15) is 14.4 Å². The highest BCUT2D eigenvalue weighted by molar-refractivity contribution is 5.99. The Hall–Kier alpha value is -2.57. The summed E-state index contributed by atoms with van der Waals surface area (Å²) in [6, 6.07) is 5.22. The lowest BCUT2D eigenvalue weighted by molar-refractivity contribution is -0.119. The summed E-state index contributed by atoms with van der Waals surface area (Å²) < 4.78 is 0. The van der Waals surface area contributed by atoms with Gasteiger partial charge in [-0.2, -0.15) is 0 Å². The second kappa shape index (κ2) is 5.50. The minimum atomic E-state index is -0.961. The van der Waals surface area contributed by atoms with E-state index in [1.54, 1.807) is 12.1 Å². The van der Waals surface area contributed by atoms with Crippen molar-refractivity contribution in [2.45, 2.75) is 0 Å². The molecule has 7 heteroatoms. The Morgan fingerprint density at radius 3 is 2.24 bits per heavy atom. The molecule has 0 spiro atoms. The summed E-state index contributed by atoms with van der Waals surface area (Å²) in [7, 11) is 0. The first-order valence-corrected chi connectivity index (χ1v) is 4.72. The molecular weight excluding hydrogens is 224 g/mol. The van der Waals surface area contributed by atoms with E-state index in [2.05, 4.69) is 5.32 Å². The molecule has 4 amide bonds. The van der Waals surface area contributed by atoms with Crippen LogP contribution in [0.4, 0.5) is 10.5 Å². The quantitative estimate of drug-likeness (QED) is 0.512. The number of primary amides is 1. The van der Waals surface area contributed by atoms with Gasteiger partial charge in [-0.25, -0.2) is 4.79 Å². The molecule has 0 aromatic heterocycles. The van der Waals surface area contributed by atoms with E-state index >= 15 is 0 Å². The molecule has 0 radical (unpaired) electrons. The van der Waals surface area contributed by atoms with Crippen LogP contribution in [0.25, 0.3) is 0 Å². The highest BCUT2D eigenvalue weighted by atomic mass is 16.2. The van der Waals surface area contributed by atoms with E-state index in [-0.39, 0.29) is 6.54 Å². The molecule has 0 heterocycles. The molecule has 1 rings (SSSR count). The molecule has 7 nitrogen and oxygen atoms in total. The van der Waals surface area contributed by atoms with Crippen LogP contribution in [-0.4, -0.2) is 24.4 Å². The maximum atomic E-state index is 11.5. The van der Waals surface area contributed by atoms with Gasteiger partial charge in [0.1, 0.15) is 0 Å². The summed E-state index contributed by atoms with van der Waals surface area (Å²) in [6.45, 7) is -0.327. The standard InChI is InChI=1S/C10H12N4O3/c11-7-3-1-6(2-4-7)9(16)13-5-8(15)14-10(12)17/h1-4H,5,11H2,(H,13,16)(H3,12,14,15,17). The molecule has 17 heavy (non-hydrogen) atoms. The van der Waals surface area contributed by atoms with Crippen molar-refractivity contribution >= 4 is 23.5 Å². The summed E-state index contributed by atoms with van der Waals surface area (Å²) in [5.74, 6) is -1.12. The molecular formula is C10H12N4O3. The number of nitrogens with two attached hydrogens (primary N) is 2. The maximum absolute atomic E-state index is 11.5. The molecule has 0 aliphatic carbocycles. The average Bonchev–Trinajstić information content (AvgIpc) is 2.26. The van der Waals surface area contributed by atoms with Crippen LogP contribution in [0.3, 0.4) is 0 Å². The molecule has 0 atom stereocenters. The maximum Gasteiger partial charge on any atom is 0.318 e. The van der Waals surface area contributed by atoms with Gasteiger partial charge in [-0.05, 0) is 24.3 Å². The number of benzene rings is 1. The Balaban J connectivity index is 2.47. The molecule has 0 aliphatic rings. The van der Waals surface area contributed by atoms with E-state index in [4.69, 9.17) is 11.5 Å². The first-order valence-electron chi connectivity index (χ1n) is 4.72. The van der Waals surface area contributed by atoms with Gasteiger partial charge >= 0.3 is 6.03 Å². The summed E-state index contributed by atoms with van der Waals surface area (Å²) in [4.78, 5) is 32.8. The highest BCUT2D eigenvalue weighted by Gasteiger charge is 2.08. The van der Waals surface area contributed by atoms with Crippen molar-refractivity contribution in [2.75, 3.05) is 12.3 Å². The van der Waals surface area contributed by atoms with Crippen LogP contribution in [0, 0.1) is 0 Å². The third-order valence-electron chi connectivity index (χ3n) is 1.84.